The fourth-order valence-corrected chi connectivity index (χ4v) is 2.02. The first-order valence-electron chi connectivity index (χ1n) is 5.90. The second-order valence-electron chi connectivity index (χ2n) is 4.61. The fraction of sp³-hybridized carbons (Fsp3) is 0.462. The zero-order chi connectivity index (χ0) is 13.3. The minimum atomic E-state index is -0.702. The summed E-state index contributed by atoms with van der Waals surface area (Å²) in [6.07, 6.45) is -0.0506. The van der Waals surface area contributed by atoms with Crippen LogP contribution in [0.1, 0.15) is 24.2 Å². The van der Waals surface area contributed by atoms with Gasteiger partial charge in [0.25, 0.3) is 5.91 Å². The molecule has 0 saturated carbocycles. The Morgan fingerprint density at radius 1 is 1.50 bits per heavy atom. The summed E-state index contributed by atoms with van der Waals surface area (Å²) in [4.78, 5) is 13.8. The number of hydrogen-bond donors (Lipinski definition) is 1. The van der Waals surface area contributed by atoms with Crippen LogP contribution in [-0.2, 0) is 4.74 Å². The number of amides is 1. The summed E-state index contributed by atoms with van der Waals surface area (Å²) >= 11 is 0. The zero-order valence-corrected chi connectivity index (χ0v) is 10.4. The molecule has 2 rings (SSSR count). The molecule has 98 valence electrons. The van der Waals surface area contributed by atoms with Crippen molar-refractivity contribution in [3.8, 4) is 5.75 Å². The number of nitrogens with zero attached hydrogens (tertiary/aromatic N) is 1. The summed E-state index contributed by atoms with van der Waals surface area (Å²) < 4.78 is 19.1. The molecule has 2 unspecified atom stereocenters. The predicted molar refractivity (Wildman–Crippen MR) is 64.0 cm³/mol. The Kier molecular flexibility index (Phi) is 3.52. The number of ether oxygens (including phenoxy) is 1. The van der Waals surface area contributed by atoms with Gasteiger partial charge in [-0.05, 0) is 26.0 Å². The third-order valence-corrected chi connectivity index (χ3v) is 3.05. The molecule has 1 N–H and O–H groups in total. The number of carbonyl (C=O) groups excluding carboxylic acids is 1. The SMILES string of the molecule is CC1CN(C(=O)c2ccc(O)cc2F)C(C)CO1. The molecule has 2 atom stereocenters. The number of benzene rings is 1. The molecule has 0 bridgehead atoms. The van der Waals surface area contributed by atoms with E-state index in [4.69, 9.17) is 9.84 Å². The monoisotopic (exact) mass is 253 g/mol. The van der Waals surface area contributed by atoms with Crippen molar-refractivity contribution in [1.82, 2.24) is 4.90 Å². The van der Waals surface area contributed by atoms with Gasteiger partial charge in [-0.15, -0.1) is 0 Å². The van der Waals surface area contributed by atoms with Gasteiger partial charge in [-0.3, -0.25) is 4.79 Å². The van der Waals surface area contributed by atoms with E-state index in [1.807, 2.05) is 13.8 Å². The van der Waals surface area contributed by atoms with E-state index in [9.17, 15) is 9.18 Å². The normalized spacial score (nSPS) is 24.1. The van der Waals surface area contributed by atoms with E-state index in [0.29, 0.717) is 13.2 Å². The van der Waals surface area contributed by atoms with Crippen LogP contribution in [0.25, 0.3) is 0 Å². The third-order valence-electron chi connectivity index (χ3n) is 3.05. The Hall–Kier alpha value is -1.62. The van der Waals surface area contributed by atoms with E-state index in [2.05, 4.69) is 0 Å². The molecular weight excluding hydrogens is 237 g/mol. The average molecular weight is 253 g/mol. The van der Waals surface area contributed by atoms with Crippen molar-refractivity contribution in [3.63, 3.8) is 0 Å². The van der Waals surface area contributed by atoms with Gasteiger partial charge in [0, 0.05) is 12.6 Å². The van der Waals surface area contributed by atoms with Crippen LogP contribution < -0.4 is 0 Å². The number of rotatable bonds is 1. The molecule has 1 aliphatic rings. The maximum atomic E-state index is 13.6. The van der Waals surface area contributed by atoms with E-state index in [1.54, 1.807) is 4.90 Å². The number of hydrogen-bond acceptors (Lipinski definition) is 3. The first kappa shape index (κ1) is 12.8. The lowest BCUT2D eigenvalue weighted by Crippen LogP contribution is -2.50. The molecule has 1 aromatic carbocycles. The highest BCUT2D eigenvalue weighted by atomic mass is 19.1. The number of morpholine rings is 1. The fourth-order valence-electron chi connectivity index (χ4n) is 2.02. The molecule has 1 aliphatic heterocycles. The number of carbonyl (C=O) groups is 1. The van der Waals surface area contributed by atoms with E-state index < -0.39 is 5.82 Å². The van der Waals surface area contributed by atoms with E-state index in [0.717, 1.165) is 6.07 Å². The van der Waals surface area contributed by atoms with Crippen LogP contribution in [-0.4, -0.2) is 41.2 Å². The summed E-state index contributed by atoms with van der Waals surface area (Å²) in [6.45, 7) is 4.63. The van der Waals surface area contributed by atoms with Crippen LogP contribution in [0.4, 0.5) is 4.39 Å². The standard InChI is InChI=1S/C13H16FNO3/c1-8-7-18-9(2)6-15(8)13(17)11-4-3-10(16)5-12(11)14/h3-5,8-9,16H,6-7H2,1-2H3. The van der Waals surface area contributed by atoms with Gasteiger partial charge in [0.1, 0.15) is 11.6 Å². The first-order valence-corrected chi connectivity index (χ1v) is 5.90. The lowest BCUT2D eigenvalue weighted by molar-refractivity contribution is -0.0388. The lowest BCUT2D eigenvalue weighted by Gasteiger charge is -2.36. The van der Waals surface area contributed by atoms with Crippen molar-refractivity contribution >= 4 is 5.91 Å². The molecular formula is C13H16FNO3. The maximum Gasteiger partial charge on any atom is 0.257 e. The van der Waals surface area contributed by atoms with Gasteiger partial charge in [-0.25, -0.2) is 4.39 Å². The van der Waals surface area contributed by atoms with Crippen molar-refractivity contribution in [2.75, 3.05) is 13.2 Å². The maximum absolute atomic E-state index is 13.6. The number of halogens is 1. The van der Waals surface area contributed by atoms with Crippen molar-refractivity contribution < 1.29 is 19.0 Å². The Balaban J connectivity index is 2.24. The zero-order valence-electron chi connectivity index (χ0n) is 10.4. The van der Waals surface area contributed by atoms with Crippen molar-refractivity contribution in [1.29, 1.82) is 0 Å². The molecule has 1 heterocycles. The molecule has 18 heavy (non-hydrogen) atoms. The van der Waals surface area contributed by atoms with E-state index in [-0.39, 0.29) is 29.4 Å². The van der Waals surface area contributed by atoms with Gasteiger partial charge in [-0.1, -0.05) is 0 Å². The summed E-state index contributed by atoms with van der Waals surface area (Å²) in [6, 6.07) is 3.48. The van der Waals surface area contributed by atoms with Crippen LogP contribution in [0.15, 0.2) is 18.2 Å². The molecule has 0 radical (unpaired) electrons. The molecule has 1 amide bonds. The second kappa shape index (κ2) is 4.94. The average Bonchev–Trinajstić information content (AvgIpc) is 2.31. The van der Waals surface area contributed by atoms with Crippen molar-refractivity contribution in [2.24, 2.45) is 0 Å². The molecule has 4 nitrogen and oxygen atoms in total. The van der Waals surface area contributed by atoms with Gasteiger partial charge in [-0.2, -0.15) is 0 Å². The Morgan fingerprint density at radius 2 is 2.22 bits per heavy atom. The summed E-state index contributed by atoms with van der Waals surface area (Å²) in [5.74, 6) is -1.26. The largest absolute Gasteiger partial charge is 0.508 e. The van der Waals surface area contributed by atoms with Gasteiger partial charge in [0.05, 0.1) is 24.3 Å². The number of phenolic OH excluding ortho intramolecular Hbond substituents is 1. The van der Waals surface area contributed by atoms with Crippen molar-refractivity contribution in [2.45, 2.75) is 26.0 Å². The predicted octanol–water partition coefficient (Wildman–Crippen LogP) is 1.78. The smallest absolute Gasteiger partial charge is 0.257 e. The minimum absolute atomic E-state index is 0.0197. The highest BCUT2D eigenvalue weighted by Crippen LogP contribution is 2.20. The second-order valence-corrected chi connectivity index (χ2v) is 4.61. The van der Waals surface area contributed by atoms with Gasteiger partial charge >= 0.3 is 0 Å². The summed E-state index contributed by atoms with van der Waals surface area (Å²) in [5.41, 5.74) is -0.0197. The number of aromatic hydroxyl groups is 1. The Bertz CT molecular complexity index is 464. The molecule has 1 fully saturated rings. The molecule has 0 aliphatic carbocycles. The summed E-state index contributed by atoms with van der Waals surface area (Å²) in [7, 11) is 0. The third kappa shape index (κ3) is 2.46. The van der Waals surface area contributed by atoms with Crippen LogP contribution in [0.3, 0.4) is 0 Å². The molecule has 0 aromatic heterocycles. The Labute approximate surface area is 105 Å². The lowest BCUT2D eigenvalue weighted by atomic mass is 10.1. The molecule has 1 saturated heterocycles. The van der Waals surface area contributed by atoms with Crippen LogP contribution in [0.2, 0.25) is 0 Å². The van der Waals surface area contributed by atoms with Crippen molar-refractivity contribution in [3.05, 3.63) is 29.6 Å². The van der Waals surface area contributed by atoms with Gasteiger partial charge in [0.2, 0.25) is 0 Å². The highest BCUT2D eigenvalue weighted by Gasteiger charge is 2.29. The molecule has 0 spiro atoms. The van der Waals surface area contributed by atoms with Crippen LogP contribution in [0, 0.1) is 5.82 Å². The number of phenols is 1. The van der Waals surface area contributed by atoms with E-state index >= 15 is 0 Å². The quantitative estimate of drug-likeness (QED) is 0.830. The van der Waals surface area contributed by atoms with Crippen LogP contribution in [0.5, 0.6) is 5.75 Å². The minimum Gasteiger partial charge on any atom is -0.508 e. The molecule has 1 aromatic rings. The van der Waals surface area contributed by atoms with Crippen LogP contribution >= 0.6 is 0 Å². The van der Waals surface area contributed by atoms with E-state index in [1.165, 1.54) is 12.1 Å². The first-order chi connectivity index (χ1) is 8.49. The Morgan fingerprint density at radius 3 is 2.89 bits per heavy atom. The summed E-state index contributed by atoms with van der Waals surface area (Å²) in [5, 5.41) is 9.14. The molecule has 5 heteroatoms. The topological polar surface area (TPSA) is 49.8 Å². The highest BCUT2D eigenvalue weighted by molar-refractivity contribution is 5.95. The van der Waals surface area contributed by atoms with Gasteiger partial charge in [0.15, 0.2) is 0 Å². The van der Waals surface area contributed by atoms with Gasteiger partial charge < -0.3 is 14.7 Å².